The Labute approximate surface area is 351 Å². The molecule has 3 N–H and O–H groups in total. The summed E-state index contributed by atoms with van der Waals surface area (Å²) in [4.78, 5) is 55.1. The van der Waals surface area contributed by atoms with Crippen molar-refractivity contribution in [3.05, 3.63) is 52.1 Å². The molecular weight excluding hydrogens is 769 g/mol. The molecule has 0 unspecified atom stereocenters. The summed E-state index contributed by atoms with van der Waals surface area (Å²) in [5, 5.41) is 19.3. The van der Waals surface area contributed by atoms with Crippen molar-refractivity contribution in [1.29, 1.82) is 0 Å². The van der Waals surface area contributed by atoms with E-state index in [0.29, 0.717) is 24.4 Å². The average Bonchev–Trinajstić information content (AvgIpc) is 3.82. The number of amides is 2. The van der Waals surface area contributed by atoms with E-state index in [1.807, 2.05) is 18.5 Å². The van der Waals surface area contributed by atoms with Crippen LogP contribution in [0.15, 0.2) is 35.8 Å². The molecule has 318 valence electrons. The maximum Gasteiger partial charge on any atom is 0.355 e. The van der Waals surface area contributed by atoms with Crippen LogP contribution in [0.2, 0.25) is 0 Å². The summed E-state index contributed by atoms with van der Waals surface area (Å²) in [6, 6.07) is 7.74. The zero-order chi connectivity index (χ0) is 42.1. The van der Waals surface area contributed by atoms with Gasteiger partial charge in [-0.3, -0.25) is 24.5 Å². The molecule has 3 aliphatic rings. The molecule has 7 rings (SSSR count). The number of aryl methyl sites for hydroxylation is 1. The van der Waals surface area contributed by atoms with Crippen molar-refractivity contribution in [2.24, 2.45) is 5.41 Å². The van der Waals surface area contributed by atoms with Gasteiger partial charge in [0.25, 0.3) is 5.91 Å². The number of carbonyl (C=O) groups excluding carboxylic acids is 3. The lowest BCUT2D eigenvalue weighted by atomic mass is 9.84. The fraction of sp³-hybridized carbons (Fsp3) is 0.568. The number of hydrazine groups is 1. The number of nitrogens with zero attached hydrogens (tertiary/aromatic N) is 6. The number of carbonyl (C=O) groups is 3. The van der Waals surface area contributed by atoms with Gasteiger partial charge in [-0.1, -0.05) is 33.3 Å². The number of piperazine rings is 1. The summed E-state index contributed by atoms with van der Waals surface area (Å²) in [6.07, 6.45) is 5.18. The minimum atomic E-state index is -2.12. The van der Waals surface area contributed by atoms with Gasteiger partial charge in [0.1, 0.15) is 6.04 Å². The Kier molecular flexibility index (Phi) is 12.8. The molecule has 3 atom stereocenters. The van der Waals surface area contributed by atoms with Gasteiger partial charge in [0.15, 0.2) is 0 Å². The quantitative estimate of drug-likeness (QED) is 0.184. The molecule has 1 aromatic carbocycles. The summed E-state index contributed by atoms with van der Waals surface area (Å²) in [7, 11) is 1.71. The molecule has 3 aromatic heterocycles. The number of ether oxygens (including phenoxy) is 2. The molecule has 0 radical (unpaired) electrons. The lowest BCUT2D eigenvalue weighted by molar-refractivity contribution is -0.189. The van der Waals surface area contributed by atoms with E-state index in [2.05, 4.69) is 77.1 Å². The van der Waals surface area contributed by atoms with Gasteiger partial charge >= 0.3 is 5.97 Å². The monoisotopic (exact) mass is 828 g/mol. The second-order valence-electron chi connectivity index (χ2n) is 17.1. The lowest BCUT2D eigenvalue weighted by Gasteiger charge is -2.40. The molecule has 2 saturated heterocycles. The molecule has 6 heterocycles. The number of methoxy groups -OCH3 is 1. The molecule has 2 fully saturated rings. The molecular formula is C44H60N8O6S. The van der Waals surface area contributed by atoms with E-state index in [0.717, 1.165) is 83.1 Å². The molecule has 59 heavy (non-hydrogen) atoms. The van der Waals surface area contributed by atoms with Crippen LogP contribution in [0.1, 0.15) is 89.6 Å². The number of nitrogens with one attached hydrogen (secondary N) is 2. The Morgan fingerprint density at radius 3 is 2.64 bits per heavy atom. The average molecular weight is 829 g/mol. The van der Waals surface area contributed by atoms with Crippen LogP contribution >= 0.6 is 11.3 Å². The Bertz CT molecular complexity index is 2180. The largest absolute Gasteiger partial charge is 0.462 e. The number of thiazole rings is 1. The standard InChI is InChI=1S/C44H60N8O6S/c1-8-10-15-49-17-19-50(20-18-49)31-22-33(39(45-25-31)28(3)57-7)40-34-24-43(5,6)27-58-42(55)44(56)14-11-16-52(48-44)41(54)35(46-29(4)53)23-38-47-36(26-59-38)30-12-13-37(32(34)21-30)51(40)9-2/h12-13,21-22,25-26,28,35,48,56H,8-11,14-20,23-24,27H2,1-7H3,(H,46,53)/t28-,35-,44-/m0/s1. The first-order valence-electron chi connectivity index (χ1n) is 21.1. The van der Waals surface area contributed by atoms with Crippen LogP contribution in [0.25, 0.3) is 33.4 Å². The number of pyridine rings is 1. The summed E-state index contributed by atoms with van der Waals surface area (Å²) < 4.78 is 14.3. The Morgan fingerprint density at radius 2 is 1.93 bits per heavy atom. The van der Waals surface area contributed by atoms with Crippen molar-refractivity contribution in [3.63, 3.8) is 0 Å². The summed E-state index contributed by atoms with van der Waals surface area (Å²) in [5.41, 5.74) is 7.84. The van der Waals surface area contributed by atoms with Gasteiger partial charge < -0.3 is 29.4 Å². The summed E-state index contributed by atoms with van der Waals surface area (Å²) in [6.45, 7) is 17.8. The van der Waals surface area contributed by atoms with E-state index in [9.17, 15) is 19.5 Å². The lowest BCUT2D eigenvalue weighted by Crippen LogP contribution is -2.67. The highest BCUT2D eigenvalue weighted by Gasteiger charge is 2.45. The van der Waals surface area contributed by atoms with Crippen molar-refractivity contribution in [1.82, 2.24) is 35.2 Å². The molecule has 4 aromatic rings. The molecule has 15 heteroatoms. The number of cyclic esters (lactones) is 1. The van der Waals surface area contributed by atoms with Crippen molar-refractivity contribution in [3.8, 4) is 22.5 Å². The van der Waals surface area contributed by atoms with Crippen LogP contribution in [0, 0.1) is 5.41 Å². The van der Waals surface area contributed by atoms with E-state index in [1.54, 1.807) is 7.11 Å². The third-order valence-corrected chi connectivity index (χ3v) is 12.8. The van der Waals surface area contributed by atoms with E-state index in [-0.39, 0.29) is 38.0 Å². The molecule has 2 amide bonds. The van der Waals surface area contributed by atoms with Crippen molar-refractivity contribution in [2.75, 3.05) is 57.9 Å². The third-order valence-electron chi connectivity index (χ3n) is 11.9. The van der Waals surface area contributed by atoms with E-state index in [4.69, 9.17) is 19.4 Å². The van der Waals surface area contributed by atoms with Crippen LogP contribution in [0.3, 0.4) is 0 Å². The minimum absolute atomic E-state index is 0.00753. The Hall–Kier alpha value is -4.41. The number of aromatic nitrogens is 3. The van der Waals surface area contributed by atoms with Gasteiger partial charge in [-0.05, 0) is 63.4 Å². The molecule has 6 bridgehead atoms. The van der Waals surface area contributed by atoms with Gasteiger partial charge in [-0.2, -0.15) is 5.43 Å². The van der Waals surface area contributed by atoms with Crippen LogP contribution < -0.4 is 15.6 Å². The molecule has 0 saturated carbocycles. The number of benzene rings is 1. The van der Waals surface area contributed by atoms with Gasteiger partial charge in [-0.15, -0.1) is 11.3 Å². The zero-order valence-corrected chi connectivity index (χ0v) is 36.4. The first-order valence-corrected chi connectivity index (χ1v) is 22.0. The predicted molar refractivity (Wildman–Crippen MR) is 230 cm³/mol. The van der Waals surface area contributed by atoms with Gasteiger partial charge in [0.05, 0.1) is 46.7 Å². The molecule has 14 nitrogen and oxygen atoms in total. The second kappa shape index (κ2) is 17.7. The number of unbranched alkanes of at least 4 members (excludes halogenated alkanes) is 1. The summed E-state index contributed by atoms with van der Waals surface area (Å²) >= 11 is 1.42. The van der Waals surface area contributed by atoms with Crippen molar-refractivity contribution < 1.29 is 29.0 Å². The highest BCUT2D eigenvalue weighted by Crippen LogP contribution is 2.43. The van der Waals surface area contributed by atoms with E-state index < -0.39 is 29.1 Å². The molecule has 0 aliphatic carbocycles. The fourth-order valence-corrected chi connectivity index (χ4v) is 9.52. The van der Waals surface area contributed by atoms with Crippen LogP contribution in [-0.4, -0.2) is 112 Å². The zero-order valence-electron chi connectivity index (χ0n) is 35.6. The number of aliphatic hydroxyl groups is 1. The number of fused-ring (bicyclic) bond motifs is 6. The maximum absolute atomic E-state index is 13.9. The smallest absolute Gasteiger partial charge is 0.355 e. The van der Waals surface area contributed by atoms with Crippen molar-refractivity contribution in [2.45, 2.75) is 104 Å². The maximum atomic E-state index is 13.9. The first-order chi connectivity index (χ1) is 28.2. The normalized spacial score (nSPS) is 22.3. The van der Waals surface area contributed by atoms with Crippen LogP contribution in [0.4, 0.5) is 5.69 Å². The number of esters is 1. The van der Waals surface area contributed by atoms with Crippen molar-refractivity contribution >= 4 is 45.7 Å². The third kappa shape index (κ3) is 9.04. The topological polar surface area (TPSA) is 154 Å². The van der Waals surface area contributed by atoms with E-state index >= 15 is 0 Å². The van der Waals surface area contributed by atoms with Crippen LogP contribution in [0.5, 0.6) is 0 Å². The molecule has 3 aliphatic heterocycles. The Balaban J connectivity index is 1.37. The van der Waals surface area contributed by atoms with Crippen LogP contribution in [-0.2, 0) is 43.2 Å². The minimum Gasteiger partial charge on any atom is -0.462 e. The second-order valence-corrected chi connectivity index (χ2v) is 18.0. The summed E-state index contributed by atoms with van der Waals surface area (Å²) in [5.74, 6) is -1.70. The van der Waals surface area contributed by atoms with E-state index in [1.165, 1.54) is 36.1 Å². The van der Waals surface area contributed by atoms with Gasteiger partial charge in [-0.25, -0.2) is 9.78 Å². The number of hydrogen-bond donors (Lipinski definition) is 3. The number of anilines is 1. The first kappa shape index (κ1) is 42.7. The Morgan fingerprint density at radius 1 is 1.15 bits per heavy atom. The highest BCUT2D eigenvalue weighted by molar-refractivity contribution is 7.10. The molecule has 0 spiro atoms. The van der Waals surface area contributed by atoms with Gasteiger partial charge in [0.2, 0.25) is 11.6 Å². The highest BCUT2D eigenvalue weighted by atomic mass is 32.1. The number of hydrogen-bond acceptors (Lipinski definition) is 12. The predicted octanol–water partition coefficient (Wildman–Crippen LogP) is 5.46. The van der Waals surface area contributed by atoms with Gasteiger partial charge in [0, 0.05) is 99.0 Å². The number of rotatable bonds is 9. The fourth-order valence-electron chi connectivity index (χ4n) is 8.67. The SMILES string of the molecule is CCCCN1CCN(c2cnc([C@H](C)OC)c(-c3c4c5cc(ccc5n3CC)-c3csc(n3)C[C@H](NC(C)=O)C(=O)N3CCC[C@@](O)(N3)C(=O)OCC(C)(C)C4)c2)CC1.